The van der Waals surface area contributed by atoms with E-state index >= 15 is 0 Å². The van der Waals surface area contributed by atoms with Crippen LogP contribution < -0.4 is 5.56 Å². The minimum Gasteiger partial charge on any atom is -0.333 e. The predicted molar refractivity (Wildman–Crippen MR) is 73.5 cm³/mol. The second-order valence-corrected chi connectivity index (χ2v) is 6.15. The third-order valence-corrected chi connectivity index (χ3v) is 4.62. The van der Waals surface area contributed by atoms with Gasteiger partial charge in [-0.3, -0.25) is 9.59 Å². The molecule has 0 N–H and O–H groups in total. The molecule has 0 radical (unpaired) electrons. The Balaban J connectivity index is 1.88. The molecule has 0 spiro atoms. The summed E-state index contributed by atoms with van der Waals surface area (Å²) >= 11 is 6.22. The number of halogens is 1. The van der Waals surface area contributed by atoms with Gasteiger partial charge in [0, 0.05) is 42.3 Å². The molecule has 2 aliphatic rings. The van der Waals surface area contributed by atoms with Crippen LogP contribution in [-0.4, -0.2) is 32.8 Å². The average molecular weight is 281 g/mol. The highest BCUT2D eigenvalue weighted by Crippen LogP contribution is 2.38. The number of rotatable bonds is 1. The lowest BCUT2D eigenvalue weighted by Crippen LogP contribution is -2.47. The summed E-state index contributed by atoms with van der Waals surface area (Å²) in [5, 5.41) is 0.185. The highest BCUT2D eigenvalue weighted by molar-refractivity contribution is 6.20. The van der Waals surface area contributed by atoms with Crippen molar-refractivity contribution in [3.8, 4) is 0 Å². The summed E-state index contributed by atoms with van der Waals surface area (Å²) in [5.74, 6) is -0.0197. The number of amides is 1. The van der Waals surface area contributed by atoms with Crippen molar-refractivity contribution in [2.24, 2.45) is 7.05 Å². The van der Waals surface area contributed by atoms with E-state index in [9.17, 15) is 9.59 Å². The first-order valence-electron chi connectivity index (χ1n) is 6.69. The molecular weight excluding hydrogens is 264 g/mol. The summed E-state index contributed by atoms with van der Waals surface area (Å²) < 4.78 is 1.47. The Morgan fingerprint density at radius 3 is 2.53 bits per heavy atom. The Kier molecular flexibility index (Phi) is 3.13. The smallest absolute Gasteiger partial charge is 0.254 e. The number of aryl methyl sites for hydroxylation is 1. The van der Waals surface area contributed by atoms with Crippen LogP contribution in [0.15, 0.2) is 23.1 Å². The molecule has 0 aliphatic carbocycles. The number of hydrogen-bond acceptors (Lipinski definition) is 2. The van der Waals surface area contributed by atoms with Crippen LogP contribution in [-0.2, 0) is 7.05 Å². The van der Waals surface area contributed by atoms with E-state index in [1.807, 2.05) is 4.90 Å². The fraction of sp³-hybridized carbons (Fsp3) is 0.571. The highest BCUT2D eigenvalue weighted by Gasteiger charge is 2.42. The number of hydrogen-bond donors (Lipinski definition) is 0. The Morgan fingerprint density at radius 2 is 1.95 bits per heavy atom. The first-order valence-corrected chi connectivity index (χ1v) is 7.13. The van der Waals surface area contributed by atoms with Gasteiger partial charge in [-0.25, -0.2) is 0 Å². The molecule has 1 amide bonds. The van der Waals surface area contributed by atoms with Crippen LogP contribution in [0, 0.1) is 0 Å². The van der Waals surface area contributed by atoms with Crippen LogP contribution in [0.1, 0.15) is 36.0 Å². The largest absolute Gasteiger partial charge is 0.333 e. The van der Waals surface area contributed by atoms with Gasteiger partial charge in [0.05, 0.1) is 0 Å². The summed E-state index contributed by atoms with van der Waals surface area (Å²) in [4.78, 5) is 26.1. The van der Waals surface area contributed by atoms with E-state index in [0.717, 1.165) is 25.7 Å². The number of alkyl halides is 1. The van der Waals surface area contributed by atoms with Gasteiger partial charge >= 0.3 is 0 Å². The molecule has 2 atom stereocenters. The molecule has 4 nitrogen and oxygen atoms in total. The predicted octanol–water partition coefficient (Wildman–Crippen LogP) is 1.76. The number of pyridine rings is 1. The molecule has 0 saturated carbocycles. The summed E-state index contributed by atoms with van der Waals surface area (Å²) in [6.45, 7) is 0. The Morgan fingerprint density at radius 1 is 1.32 bits per heavy atom. The van der Waals surface area contributed by atoms with E-state index in [4.69, 9.17) is 11.6 Å². The van der Waals surface area contributed by atoms with Gasteiger partial charge in [0.2, 0.25) is 0 Å². The third-order valence-electron chi connectivity index (χ3n) is 4.26. The zero-order valence-corrected chi connectivity index (χ0v) is 11.6. The maximum Gasteiger partial charge on any atom is 0.254 e. The summed E-state index contributed by atoms with van der Waals surface area (Å²) in [6, 6.07) is 3.64. The molecule has 2 aliphatic heterocycles. The van der Waals surface area contributed by atoms with Crippen molar-refractivity contribution in [1.82, 2.24) is 9.47 Å². The van der Waals surface area contributed by atoms with Crippen molar-refractivity contribution < 1.29 is 4.79 Å². The van der Waals surface area contributed by atoms with Gasteiger partial charge in [0.25, 0.3) is 11.5 Å². The van der Waals surface area contributed by atoms with E-state index < -0.39 is 0 Å². The second kappa shape index (κ2) is 4.67. The monoisotopic (exact) mass is 280 g/mol. The van der Waals surface area contributed by atoms with Crippen LogP contribution in [0.25, 0.3) is 0 Å². The number of fused-ring (bicyclic) bond motifs is 2. The van der Waals surface area contributed by atoms with Crippen LogP contribution in [0.2, 0.25) is 0 Å². The van der Waals surface area contributed by atoms with Crippen molar-refractivity contribution in [3.05, 3.63) is 34.2 Å². The quantitative estimate of drug-likeness (QED) is 0.736. The number of nitrogens with zero attached hydrogens (tertiary/aromatic N) is 2. The molecule has 2 bridgehead atoms. The van der Waals surface area contributed by atoms with Crippen LogP contribution >= 0.6 is 11.6 Å². The molecule has 3 heterocycles. The lowest BCUT2D eigenvalue weighted by Gasteiger charge is -2.37. The van der Waals surface area contributed by atoms with E-state index in [1.165, 1.54) is 10.6 Å². The van der Waals surface area contributed by atoms with E-state index in [0.29, 0.717) is 5.56 Å². The van der Waals surface area contributed by atoms with Crippen molar-refractivity contribution in [2.75, 3.05) is 0 Å². The van der Waals surface area contributed by atoms with Gasteiger partial charge in [-0.1, -0.05) is 0 Å². The number of aromatic nitrogens is 1. The van der Waals surface area contributed by atoms with Gasteiger partial charge < -0.3 is 9.47 Å². The van der Waals surface area contributed by atoms with E-state index in [1.54, 1.807) is 19.3 Å². The Labute approximate surface area is 117 Å². The minimum absolute atomic E-state index is 0.0197. The topological polar surface area (TPSA) is 42.3 Å². The molecule has 102 valence electrons. The maximum absolute atomic E-state index is 12.6. The molecule has 1 aromatic heterocycles. The number of piperidine rings is 1. The van der Waals surface area contributed by atoms with Gasteiger partial charge in [0.15, 0.2) is 0 Å². The van der Waals surface area contributed by atoms with Gasteiger partial charge in [-0.15, -0.1) is 11.6 Å². The molecule has 1 aromatic rings. The third kappa shape index (κ3) is 2.18. The Hall–Kier alpha value is -1.29. The van der Waals surface area contributed by atoms with E-state index in [2.05, 4.69) is 0 Å². The zero-order valence-electron chi connectivity index (χ0n) is 10.9. The molecule has 19 heavy (non-hydrogen) atoms. The fourth-order valence-corrected chi connectivity index (χ4v) is 3.68. The first-order chi connectivity index (χ1) is 9.06. The molecular formula is C14H17ClN2O2. The first kappa shape index (κ1) is 12.7. The number of carbonyl (C=O) groups excluding carboxylic acids is 1. The maximum atomic E-state index is 12.6. The normalized spacial score (nSPS) is 29.6. The lowest BCUT2D eigenvalue weighted by atomic mass is 10.0. The van der Waals surface area contributed by atoms with Crippen LogP contribution in [0.3, 0.4) is 0 Å². The van der Waals surface area contributed by atoms with Crippen LogP contribution in [0.5, 0.6) is 0 Å². The molecule has 5 heteroatoms. The zero-order chi connectivity index (χ0) is 13.6. The summed E-state index contributed by atoms with van der Waals surface area (Å²) in [7, 11) is 1.68. The van der Waals surface area contributed by atoms with E-state index in [-0.39, 0.29) is 28.9 Å². The van der Waals surface area contributed by atoms with Crippen molar-refractivity contribution in [1.29, 1.82) is 0 Å². The lowest BCUT2D eigenvalue weighted by molar-refractivity contribution is 0.0599. The second-order valence-electron chi connectivity index (χ2n) is 5.53. The SMILES string of the molecule is Cn1ccc(C(=O)N2C3CCC2CC(Cl)C3)cc1=O. The molecule has 0 aromatic carbocycles. The molecule has 2 saturated heterocycles. The van der Waals surface area contributed by atoms with Gasteiger partial charge in [0.1, 0.15) is 0 Å². The van der Waals surface area contributed by atoms with Crippen molar-refractivity contribution >= 4 is 17.5 Å². The Bertz CT molecular complexity index is 555. The van der Waals surface area contributed by atoms with Crippen molar-refractivity contribution in [2.45, 2.75) is 43.1 Å². The summed E-state index contributed by atoms with van der Waals surface area (Å²) in [6.07, 6.45) is 5.45. The fourth-order valence-electron chi connectivity index (χ4n) is 3.27. The van der Waals surface area contributed by atoms with Gasteiger partial charge in [-0.05, 0) is 31.7 Å². The number of carbonyl (C=O) groups is 1. The highest BCUT2D eigenvalue weighted by atomic mass is 35.5. The minimum atomic E-state index is -0.148. The molecule has 2 fully saturated rings. The van der Waals surface area contributed by atoms with Crippen molar-refractivity contribution in [3.63, 3.8) is 0 Å². The van der Waals surface area contributed by atoms with Gasteiger partial charge in [-0.2, -0.15) is 0 Å². The standard InChI is InChI=1S/C14H17ClN2O2/c1-16-5-4-9(6-13(16)18)14(19)17-11-2-3-12(17)8-10(15)7-11/h4-6,10-12H,2-3,7-8H2,1H3. The van der Waals surface area contributed by atoms with Crippen LogP contribution in [0.4, 0.5) is 0 Å². The molecule has 3 rings (SSSR count). The summed E-state index contributed by atoms with van der Waals surface area (Å²) in [5.41, 5.74) is 0.346. The molecule has 2 unspecified atom stereocenters. The average Bonchev–Trinajstić information content (AvgIpc) is 2.64.